The van der Waals surface area contributed by atoms with Crippen LogP contribution < -0.4 is 10.3 Å². The molecule has 7 heteroatoms. The standard InChI is InChI=1S/C14H15N3O4/c1-9(2)8-17-6-5-16-12(13(17)18)21-11-7-15-4-3-10(11)14(19)20/h3-7,9H,8H2,1-2H3,(H,19,20). The van der Waals surface area contributed by atoms with Crippen molar-refractivity contribution < 1.29 is 14.6 Å². The van der Waals surface area contributed by atoms with Crippen LogP contribution in [0, 0.1) is 5.92 Å². The summed E-state index contributed by atoms with van der Waals surface area (Å²) in [5.74, 6) is -1.07. The molecule has 2 rings (SSSR count). The molecule has 0 spiro atoms. The van der Waals surface area contributed by atoms with Crippen LogP contribution in [0.5, 0.6) is 11.6 Å². The number of nitrogens with zero attached hydrogens (tertiary/aromatic N) is 3. The first-order valence-corrected chi connectivity index (χ1v) is 6.39. The van der Waals surface area contributed by atoms with Crippen molar-refractivity contribution in [2.45, 2.75) is 20.4 Å². The maximum absolute atomic E-state index is 12.2. The second-order valence-electron chi connectivity index (χ2n) is 4.86. The number of carboxylic acid groups (broad SMARTS) is 1. The van der Waals surface area contributed by atoms with Crippen LogP contribution >= 0.6 is 0 Å². The van der Waals surface area contributed by atoms with E-state index >= 15 is 0 Å². The minimum Gasteiger partial charge on any atom is -0.478 e. The third-order valence-electron chi connectivity index (χ3n) is 2.67. The third-order valence-corrected chi connectivity index (χ3v) is 2.67. The lowest BCUT2D eigenvalue weighted by atomic mass is 10.2. The lowest BCUT2D eigenvalue weighted by molar-refractivity contribution is 0.0694. The van der Waals surface area contributed by atoms with Gasteiger partial charge in [-0.15, -0.1) is 0 Å². The highest BCUT2D eigenvalue weighted by Gasteiger charge is 2.15. The molecule has 2 aromatic heterocycles. The molecule has 0 aliphatic carbocycles. The van der Waals surface area contributed by atoms with E-state index in [9.17, 15) is 9.59 Å². The normalized spacial score (nSPS) is 10.6. The number of ether oxygens (including phenoxy) is 1. The van der Waals surface area contributed by atoms with Crippen molar-refractivity contribution in [1.29, 1.82) is 0 Å². The lowest BCUT2D eigenvalue weighted by Crippen LogP contribution is -2.23. The summed E-state index contributed by atoms with van der Waals surface area (Å²) in [5, 5.41) is 9.07. The van der Waals surface area contributed by atoms with Gasteiger partial charge in [-0.3, -0.25) is 9.78 Å². The molecule has 0 bridgehead atoms. The van der Waals surface area contributed by atoms with Crippen LogP contribution in [-0.2, 0) is 6.54 Å². The number of aromatic carboxylic acids is 1. The number of hydrogen-bond donors (Lipinski definition) is 1. The number of carbonyl (C=O) groups is 1. The Morgan fingerprint density at radius 2 is 2.19 bits per heavy atom. The van der Waals surface area contributed by atoms with Crippen molar-refractivity contribution in [3.05, 3.63) is 46.8 Å². The first-order valence-electron chi connectivity index (χ1n) is 6.39. The van der Waals surface area contributed by atoms with E-state index < -0.39 is 11.5 Å². The molecule has 0 aromatic carbocycles. The number of aromatic nitrogens is 3. The Hall–Kier alpha value is -2.70. The molecule has 2 heterocycles. The molecule has 0 saturated heterocycles. The maximum Gasteiger partial charge on any atom is 0.339 e. The monoisotopic (exact) mass is 289 g/mol. The van der Waals surface area contributed by atoms with E-state index in [-0.39, 0.29) is 23.1 Å². The Bertz CT molecular complexity index is 709. The highest BCUT2D eigenvalue weighted by atomic mass is 16.5. The summed E-state index contributed by atoms with van der Waals surface area (Å²) in [6.45, 7) is 4.49. The molecule has 0 saturated carbocycles. The van der Waals surface area contributed by atoms with Crippen LogP contribution in [0.1, 0.15) is 24.2 Å². The van der Waals surface area contributed by atoms with E-state index in [0.717, 1.165) is 0 Å². The van der Waals surface area contributed by atoms with Gasteiger partial charge in [-0.25, -0.2) is 9.78 Å². The van der Waals surface area contributed by atoms with Gasteiger partial charge in [0.25, 0.3) is 5.88 Å². The predicted octanol–water partition coefficient (Wildman–Crippen LogP) is 1.78. The van der Waals surface area contributed by atoms with Gasteiger partial charge in [-0.1, -0.05) is 13.8 Å². The quantitative estimate of drug-likeness (QED) is 0.901. The molecule has 0 radical (unpaired) electrons. The average molecular weight is 289 g/mol. The van der Waals surface area contributed by atoms with Gasteiger partial charge >= 0.3 is 11.5 Å². The molecule has 0 atom stereocenters. The Labute approximate surface area is 120 Å². The van der Waals surface area contributed by atoms with E-state index in [2.05, 4.69) is 9.97 Å². The fraction of sp³-hybridized carbons (Fsp3) is 0.286. The topological polar surface area (TPSA) is 94.3 Å². The van der Waals surface area contributed by atoms with Crippen LogP contribution in [-0.4, -0.2) is 25.6 Å². The summed E-state index contributed by atoms with van der Waals surface area (Å²) in [6.07, 6.45) is 5.59. The van der Waals surface area contributed by atoms with Crippen molar-refractivity contribution in [3.63, 3.8) is 0 Å². The van der Waals surface area contributed by atoms with Crippen molar-refractivity contribution in [2.24, 2.45) is 5.92 Å². The summed E-state index contributed by atoms with van der Waals surface area (Å²) >= 11 is 0. The number of pyridine rings is 1. The molecule has 0 amide bonds. The molecule has 0 aliphatic rings. The zero-order valence-corrected chi connectivity index (χ0v) is 11.7. The number of hydrogen-bond acceptors (Lipinski definition) is 5. The third kappa shape index (κ3) is 3.44. The van der Waals surface area contributed by atoms with Crippen molar-refractivity contribution in [3.8, 4) is 11.6 Å². The van der Waals surface area contributed by atoms with Gasteiger partial charge in [0.05, 0.1) is 6.20 Å². The molecule has 110 valence electrons. The predicted molar refractivity (Wildman–Crippen MR) is 74.6 cm³/mol. The summed E-state index contributed by atoms with van der Waals surface area (Å²) in [5.41, 5.74) is -0.489. The van der Waals surface area contributed by atoms with Crippen molar-refractivity contribution in [1.82, 2.24) is 14.5 Å². The Morgan fingerprint density at radius 1 is 1.43 bits per heavy atom. The highest BCUT2D eigenvalue weighted by Crippen LogP contribution is 2.20. The van der Waals surface area contributed by atoms with E-state index in [1.807, 2.05) is 13.8 Å². The molecule has 21 heavy (non-hydrogen) atoms. The molecule has 1 N–H and O–H groups in total. The largest absolute Gasteiger partial charge is 0.478 e. The smallest absolute Gasteiger partial charge is 0.339 e. The summed E-state index contributed by atoms with van der Waals surface area (Å²) < 4.78 is 6.81. The Kier molecular flexibility index (Phi) is 4.32. The molecule has 0 aliphatic heterocycles. The van der Waals surface area contributed by atoms with Gasteiger partial charge < -0.3 is 14.4 Å². The first-order chi connectivity index (χ1) is 9.99. The van der Waals surface area contributed by atoms with E-state index in [1.165, 1.54) is 29.2 Å². The van der Waals surface area contributed by atoms with Crippen LogP contribution in [0.2, 0.25) is 0 Å². The molecular formula is C14H15N3O4. The van der Waals surface area contributed by atoms with E-state index in [1.54, 1.807) is 6.20 Å². The molecular weight excluding hydrogens is 274 g/mol. The van der Waals surface area contributed by atoms with Crippen LogP contribution in [0.4, 0.5) is 0 Å². The van der Waals surface area contributed by atoms with Crippen molar-refractivity contribution in [2.75, 3.05) is 0 Å². The summed E-state index contributed by atoms with van der Waals surface area (Å²) in [4.78, 5) is 31.0. The minimum absolute atomic E-state index is 0.0168. The van der Waals surface area contributed by atoms with Gasteiger partial charge in [-0.2, -0.15) is 0 Å². The fourth-order valence-corrected chi connectivity index (χ4v) is 1.78. The Morgan fingerprint density at radius 3 is 2.86 bits per heavy atom. The second kappa shape index (κ2) is 6.17. The first kappa shape index (κ1) is 14.7. The van der Waals surface area contributed by atoms with Gasteiger partial charge in [0.15, 0.2) is 5.75 Å². The lowest BCUT2D eigenvalue weighted by Gasteiger charge is -2.10. The average Bonchev–Trinajstić information content (AvgIpc) is 2.43. The molecule has 0 fully saturated rings. The molecule has 7 nitrogen and oxygen atoms in total. The zero-order valence-electron chi connectivity index (χ0n) is 11.7. The Balaban J connectivity index is 2.37. The number of rotatable bonds is 5. The van der Waals surface area contributed by atoms with E-state index in [0.29, 0.717) is 6.54 Å². The number of carboxylic acids is 1. The highest BCUT2D eigenvalue weighted by molar-refractivity contribution is 5.90. The molecule has 0 unspecified atom stereocenters. The summed E-state index contributed by atoms with van der Waals surface area (Å²) in [7, 11) is 0. The molecule has 2 aromatic rings. The minimum atomic E-state index is -1.16. The zero-order chi connectivity index (χ0) is 15.4. The maximum atomic E-state index is 12.2. The van der Waals surface area contributed by atoms with Gasteiger partial charge in [0, 0.05) is 25.1 Å². The van der Waals surface area contributed by atoms with Gasteiger partial charge in [-0.05, 0) is 12.0 Å². The second-order valence-corrected chi connectivity index (χ2v) is 4.86. The van der Waals surface area contributed by atoms with Crippen LogP contribution in [0.15, 0.2) is 35.6 Å². The summed E-state index contributed by atoms with van der Waals surface area (Å²) in [6, 6.07) is 1.30. The van der Waals surface area contributed by atoms with Crippen LogP contribution in [0.25, 0.3) is 0 Å². The van der Waals surface area contributed by atoms with E-state index in [4.69, 9.17) is 9.84 Å². The van der Waals surface area contributed by atoms with Crippen molar-refractivity contribution >= 4 is 5.97 Å². The van der Waals surface area contributed by atoms with Gasteiger partial charge in [0.2, 0.25) is 0 Å². The fourth-order valence-electron chi connectivity index (χ4n) is 1.78. The van der Waals surface area contributed by atoms with Crippen LogP contribution in [0.3, 0.4) is 0 Å². The SMILES string of the molecule is CC(C)Cn1ccnc(Oc2cnccc2C(=O)O)c1=O. The van der Waals surface area contributed by atoms with Gasteiger partial charge in [0.1, 0.15) is 5.56 Å².